The van der Waals surface area contributed by atoms with Gasteiger partial charge in [-0.3, -0.25) is 4.79 Å². The summed E-state index contributed by atoms with van der Waals surface area (Å²) in [5.74, 6) is -0.193. The van der Waals surface area contributed by atoms with E-state index in [2.05, 4.69) is 20.6 Å². The maximum atomic E-state index is 13.6. The smallest absolute Gasteiger partial charge is 0.270 e. The first kappa shape index (κ1) is 17.3. The molecular formula is C19H23FN4O. The Morgan fingerprint density at radius 2 is 1.88 bits per heavy atom. The molecule has 1 amide bonds. The van der Waals surface area contributed by atoms with Gasteiger partial charge in [0.2, 0.25) is 5.95 Å². The zero-order valence-corrected chi connectivity index (χ0v) is 14.2. The third kappa shape index (κ3) is 4.98. The first-order valence-electron chi connectivity index (χ1n) is 8.83. The van der Waals surface area contributed by atoms with Crippen LogP contribution in [0.2, 0.25) is 0 Å². The highest BCUT2D eigenvalue weighted by atomic mass is 19.1. The second-order valence-corrected chi connectivity index (χ2v) is 6.37. The van der Waals surface area contributed by atoms with Gasteiger partial charge in [0.05, 0.1) is 0 Å². The third-order valence-corrected chi connectivity index (χ3v) is 4.47. The van der Waals surface area contributed by atoms with Crippen LogP contribution in [0, 0.1) is 5.82 Å². The van der Waals surface area contributed by atoms with E-state index in [1.807, 2.05) is 0 Å². The van der Waals surface area contributed by atoms with Gasteiger partial charge in [0, 0.05) is 24.3 Å². The first-order chi connectivity index (χ1) is 12.2. The van der Waals surface area contributed by atoms with Crippen LogP contribution in [-0.2, 0) is 6.54 Å². The lowest BCUT2D eigenvalue weighted by Gasteiger charge is -2.16. The Morgan fingerprint density at radius 1 is 1.12 bits per heavy atom. The first-order valence-corrected chi connectivity index (χ1v) is 8.83. The van der Waals surface area contributed by atoms with Crippen LogP contribution < -0.4 is 10.6 Å². The Balaban J connectivity index is 1.60. The van der Waals surface area contributed by atoms with Gasteiger partial charge < -0.3 is 10.6 Å². The molecule has 6 heteroatoms. The molecule has 1 heterocycles. The summed E-state index contributed by atoms with van der Waals surface area (Å²) in [5.41, 5.74) is 0.726. The topological polar surface area (TPSA) is 66.9 Å². The number of halogens is 1. The summed E-state index contributed by atoms with van der Waals surface area (Å²) in [4.78, 5) is 20.8. The summed E-state index contributed by atoms with van der Waals surface area (Å²) in [7, 11) is 0. The average Bonchev–Trinajstić information content (AvgIpc) is 2.90. The maximum Gasteiger partial charge on any atom is 0.270 e. The minimum absolute atomic E-state index is 0.126. The van der Waals surface area contributed by atoms with Crippen molar-refractivity contribution in [2.45, 2.75) is 51.1 Å². The standard InChI is InChI=1S/C19H23FN4O/c20-16-10-6-5-7-14(16)13-22-18(25)17-11-12-21-19(24-17)23-15-8-3-1-2-4-9-15/h5-7,10-12,15H,1-4,8-9,13H2,(H,22,25)(H,21,23,24). The summed E-state index contributed by atoms with van der Waals surface area (Å²) in [6, 6.07) is 8.31. The molecule has 25 heavy (non-hydrogen) atoms. The van der Waals surface area contributed by atoms with E-state index in [1.54, 1.807) is 30.5 Å². The van der Waals surface area contributed by atoms with Gasteiger partial charge in [-0.1, -0.05) is 43.9 Å². The van der Waals surface area contributed by atoms with Crippen LogP contribution in [0.25, 0.3) is 0 Å². The number of hydrogen-bond donors (Lipinski definition) is 2. The second-order valence-electron chi connectivity index (χ2n) is 6.37. The summed E-state index contributed by atoms with van der Waals surface area (Å²) in [6.07, 6.45) is 8.75. The minimum Gasteiger partial charge on any atom is -0.351 e. The summed E-state index contributed by atoms with van der Waals surface area (Å²) < 4.78 is 13.6. The molecular weight excluding hydrogens is 319 g/mol. The maximum absolute atomic E-state index is 13.6. The van der Waals surface area contributed by atoms with Crippen LogP contribution in [0.1, 0.15) is 54.6 Å². The molecule has 0 spiro atoms. The number of nitrogens with zero attached hydrogens (tertiary/aromatic N) is 2. The van der Waals surface area contributed by atoms with Gasteiger partial charge in [0.15, 0.2) is 0 Å². The van der Waals surface area contributed by atoms with Gasteiger partial charge >= 0.3 is 0 Å². The van der Waals surface area contributed by atoms with E-state index in [4.69, 9.17) is 0 Å². The van der Waals surface area contributed by atoms with Crippen LogP contribution in [0.5, 0.6) is 0 Å². The Hall–Kier alpha value is -2.50. The molecule has 0 bridgehead atoms. The number of nitrogens with one attached hydrogen (secondary N) is 2. The molecule has 0 atom stereocenters. The van der Waals surface area contributed by atoms with Gasteiger partial charge in [-0.25, -0.2) is 14.4 Å². The highest BCUT2D eigenvalue weighted by Gasteiger charge is 2.15. The van der Waals surface area contributed by atoms with Crippen molar-refractivity contribution in [3.05, 3.63) is 53.6 Å². The molecule has 0 aliphatic heterocycles. The van der Waals surface area contributed by atoms with Gasteiger partial charge in [-0.05, 0) is 25.0 Å². The molecule has 1 aliphatic carbocycles. The van der Waals surface area contributed by atoms with Crippen molar-refractivity contribution < 1.29 is 9.18 Å². The van der Waals surface area contributed by atoms with E-state index in [0.717, 1.165) is 12.8 Å². The average molecular weight is 342 g/mol. The minimum atomic E-state index is -0.338. The van der Waals surface area contributed by atoms with Gasteiger partial charge in [0.25, 0.3) is 5.91 Å². The lowest BCUT2D eigenvalue weighted by molar-refractivity contribution is 0.0945. The number of aromatic nitrogens is 2. The van der Waals surface area contributed by atoms with Crippen molar-refractivity contribution in [2.75, 3.05) is 5.32 Å². The van der Waals surface area contributed by atoms with Gasteiger partial charge in [-0.15, -0.1) is 0 Å². The van der Waals surface area contributed by atoms with Gasteiger partial charge in [0.1, 0.15) is 11.5 Å². The normalized spacial score (nSPS) is 15.4. The quantitative estimate of drug-likeness (QED) is 0.814. The predicted molar refractivity (Wildman–Crippen MR) is 94.7 cm³/mol. The number of hydrogen-bond acceptors (Lipinski definition) is 4. The molecule has 132 valence electrons. The Bertz CT molecular complexity index is 714. The SMILES string of the molecule is O=C(NCc1ccccc1F)c1ccnc(NC2CCCCCC2)n1. The van der Waals surface area contributed by atoms with E-state index in [-0.39, 0.29) is 24.0 Å². The molecule has 1 fully saturated rings. The van der Waals surface area contributed by atoms with E-state index in [9.17, 15) is 9.18 Å². The molecule has 1 aliphatic rings. The summed E-state index contributed by atoms with van der Waals surface area (Å²) in [5, 5.41) is 6.04. The lowest BCUT2D eigenvalue weighted by Crippen LogP contribution is -2.25. The van der Waals surface area contributed by atoms with Crippen molar-refractivity contribution >= 4 is 11.9 Å². The molecule has 0 unspecified atom stereocenters. The van der Waals surface area contributed by atoms with Crippen LogP contribution in [0.4, 0.5) is 10.3 Å². The number of carbonyl (C=O) groups is 1. The van der Waals surface area contributed by atoms with Crippen molar-refractivity contribution in [3.63, 3.8) is 0 Å². The molecule has 2 N–H and O–H groups in total. The van der Waals surface area contributed by atoms with Crippen molar-refractivity contribution in [3.8, 4) is 0 Å². The monoisotopic (exact) mass is 342 g/mol. The van der Waals surface area contributed by atoms with Crippen LogP contribution in [-0.4, -0.2) is 21.9 Å². The Labute approximate surface area is 147 Å². The van der Waals surface area contributed by atoms with Crippen LogP contribution >= 0.6 is 0 Å². The predicted octanol–water partition coefficient (Wildman–Crippen LogP) is 3.68. The largest absolute Gasteiger partial charge is 0.351 e. The van der Waals surface area contributed by atoms with Gasteiger partial charge in [-0.2, -0.15) is 0 Å². The zero-order valence-electron chi connectivity index (χ0n) is 14.2. The van der Waals surface area contributed by atoms with E-state index >= 15 is 0 Å². The fraction of sp³-hybridized carbons (Fsp3) is 0.421. The summed E-state index contributed by atoms with van der Waals surface area (Å²) in [6.45, 7) is 0.126. The molecule has 0 radical (unpaired) electrons. The van der Waals surface area contributed by atoms with Crippen LogP contribution in [0.3, 0.4) is 0 Å². The van der Waals surface area contributed by atoms with Crippen molar-refractivity contribution in [1.29, 1.82) is 0 Å². The molecule has 1 aromatic carbocycles. The molecule has 0 saturated heterocycles. The van der Waals surface area contributed by atoms with Crippen LogP contribution in [0.15, 0.2) is 36.5 Å². The lowest BCUT2D eigenvalue weighted by atomic mass is 10.1. The molecule has 5 nitrogen and oxygen atoms in total. The molecule has 1 saturated carbocycles. The number of carbonyl (C=O) groups excluding carboxylic acids is 1. The highest BCUT2D eigenvalue weighted by molar-refractivity contribution is 5.92. The third-order valence-electron chi connectivity index (χ3n) is 4.47. The zero-order chi connectivity index (χ0) is 17.5. The number of amides is 1. The fourth-order valence-corrected chi connectivity index (χ4v) is 3.07. The van der Waals surface area contributed by atoms with Crippen molar-refractivity contribution in [2.24, 2.45) is 0 Å². The van der Waals surface area contributed by atoms with E-state index in [0.29, 0.717) is 17.6 Å². The van der Waals surface area contributed by atoms with E-state index < -0.39 is 0 Å². The number of anilines is 1. The highest BCUT2D eigenvalue weighted by Crippen LogP contribution is 2.19. The van der Waals surface area contributed by atoms with E-state index in [1.165, 1.54) is 31.7 Å². The number of benzene rings is 1. The second kappa shape index (κ2) is 8.55. The molecule has 1 aromatic heterocycles. The molecule has 3 rings (SSSR count). The molecule has 2 aromatic rings. The van der Waals surface area contributed by atoms with Crippen molar-refractivity contribution in [1.82, 2.24) is 15.3 Å². The number of rotatable bonds is 5. The Morgan fingerprint density at radius 3 is 2.64 bits per heavy atom. The Kier molecular flexibility index (Phi) is 5.93. The fourth-order valence-electron chi connectivity index (χ4n) is 3.07. The summed E-state index contributed by atoms with van der Waals surface area (Å²) >= 11 is 0.